The van der Waals surface area contributed by atoms with E-state index in [1.54, 1.807) is 27.6 Å². The van der Waals surface area contributed by atoms with Crippen molar-refractivity contribution in [3.8, 4) is 5.82 Å². The smallest absolute Gasteiger partial charge is 0.278 e. The first-order valence-corrected chi connectivity index (χ1v) is 13.5. The second-order valence-electron chi connectivity index (χ2n) is 9.11. The number of benzene rings is 1. The Bertz CT molecular complexity index is 1640. The van der Waals surface area contributed by atoms with E-state index < -0.39 is 10.0 Å². The molecular weight excluding hydrogens is 551 g/mol. The lowest BCUT2D eigenvalue weighted by atomic mass is 10.0. The van der Waals surface area contributed by atoms with Gasteiger partial charge in [-0.15, -0.1) is 24.8 Å². The standard InChI is InChI=1S/C24H28N8O3S.2ClH/c1-15(2)31-23(33)19-14-26-24(27-18-9-8-17-13-25-11-10-16(17)12-18)29-22(19)32(31)21-7-5-6-20(28-21)30(3)36(4,34)35;;/h5-9,12,14-15,25H,10-11,13H2,1-4H3,(H,26,27,29);2*1H. The maximum Gasteiger partial charge on any atom is 0.278 e. The van der Waals surface area contributed by atoms with Gasteiger partial charge in [-0.2, -0.15) is 4.98 Å². The zero-order chi connectivity index (χ0) is 25.6. The summed E-state index contributed by atoms with van der Waals surface area (Å²) in [5.41, 5.74) is 3.54. The Morgan fingerprint density at radius 1 is 1.11 bits per heavy atom. The number of nitrogens with one attached hydrogen (secondary N) is 2. The highest BCUT2D eigenvalue weighted by molar-refractivity contribution is 7.92. The highest BCUT2D eigenvalue weighted by Crippen LogP contribution is 2.24. The molecule has 0 saturated carbocycles. The Morgan fingerprint density at radius 3 is 2.58 bits per heavy atom. The van der Waals surface area contributed by atoms with Crippen LogP contribution in [0.2, 0.25) is 0 Å². The molecule has 0 spiro atoms. The van der Waals surface area contributed by atoms with E-state index in [1.807, 2.05) is 19.9 Å². The van der Waals surface area contributed by atoms with E-state index in [2.05, 4.69) is 37.7 Å². The molecule has 0 bridgehead atoms. The van der Waals surface area contributed by atoms with Crippen LogP contribution in [0.1, 0.15) is 31.0 Å². The topological polar surface area (TPSA) is 127 Å². The van der Waals surface area contributed by atoms with Crippen molar-refractivity contribution in [1.29, 1.82) is 0 Å². The van der Waals surface area contributed by atoms with Crippen molar-refractivity contribution in [2.45, 2.75) is 32.9 Å². The first-order chi connectivity index (χ1) is 17.1. The third kappa shape index (κ3) is 5.48. The van der Waals surface area contributed by atoms with Gasteiger partial charge < -0.3 is 10.6 Å². The van der Waals surface area contributed by atoms with Gasteiger partial charge >= 0.3 is 0 Å². The molecule has 1 aliphatic heterocycles. The molecule has 0 radical (unpaired) electrons. The Kier molecular flexibility index (Phi) is 8.72. The Hall–Kier alpha value is -3.19. The first kappa shape index (κ1) is 29.4. The molecule has 4 aromatic rings. The quantitative estimate of drug-likeness (QED) is 0.356. The normalized spacial score (nSPS) is 13.0. The summed E-state index contributed by atoms with van der Waals surface area (Å²) >= 11 is 0. The van der Waals surface area contributed by atoms with Gasteiger partial charge in [0.2, 0.25) is 16.0 Å². The van der Waals surface area contributed by atoms with Crippen molar-refractivity contribution in [3.63, 3.8) is 0 Å². The molecule has 0 atom stereocenters. The summed E-state index contributed by atoms with van der Waals surface area (Å²) in [5.74, 6) is 0.945. The van der Waals surface area contributed by atoms with E-state index in [4.69, 9.17) is 0 Å². The largest absolute Gasteiger partial charge is 0.324 e. The number of sulfonamides is 1. The summed E-state index contributed by atoms with van der Waals surface area (Å²) in [7, 11) is -2.08. The molecule has 204 valence electrons. The van der Waals surface area contributed by atoms with Crippen molar-refractivity contribution in [2.24, 2.45) is 0 Å². The van der Waals surface area contributed by atoms with Crippen molar-refractivity contribution in [1.82, 2.24) is 29.6 Å². The van der Waals surface area contributed by atoms with Gasteiger partial charge in [0.1, 0.15) is 11.2 Å². The fourth-order valence-electron chi connectivity index (χ4n) is 4.31. The Labute approximate surface area is 233 Å². The lowest BCUT2D eigenvalue weighted by Crippen LogP contribution is -2.27. The monoisotopic (exact) mass is 580 g/mol. The van der Waals surface area contributed by atoms with Gasteiger partial charge in [0.15, 0.2) is 11.5 Å². The Balaban J connectivity index is 0.00000200. The summed E-state index contributed by atoms with van der Waals surface area (Å²) in [6, 6.07) is 11.0. The zero-order valence-electron chi connectivity index (χ0n) is 21.4. The van der Waals surface area contributed by atoms with Crippen LogP contribution in [0, 0.1) is 0 Å². The second-order valence-corrected chi connectivity index (χ2v) is 11.1. The van der Waals surface area contributed by atoms with Crippen LogP contribution < -0.4 is 20.5 Å². The summed E-state index contributed by atoms with van der Waals surface area (Å²) in [5, 5.41) is 6.96. The molecule has 0 aliphatic carbocycles. The molecule has 0 saturated heterocycles. The minimum Gasteiger partial charge on any atom is -0.324 e. The van der Waals surface area contributed by atoms with Crippen LogP contribution in [-0.2, 0) is 23.0 Å². The van der Waals surface area contributed by atoms with Gasteiger partial charge in [-0.25, -0.2) is 27.7 Å². The maximum atomic E-state index is 13.3. The molecule has 1 aliphatic rings. The van der Waals surface area contributed by atoms with Crippen molar-refractivity contribution in [3.05, 3.63) is 64.1 Å². The van der Waals surface area contributed by atoms with Crippen LogP contribution in [0.4, 0.5) is 17.5 Å². The number of fused-ring (bicyclic) bond motifs is 2. The van der Waals surface area contributed by atoms with Crippen LogP contribution >= 0.6 is 24.8 Å². The summed E-state index contributed by atoms with van der Waals surface area (Å²) < 4.78 is 28.4. The lowest BCUT2D eigenvalue weighted by Gasteiger charge is -2.19. The molecule has 1 aromatic carbocycles. The van der Waals surface area contributed by atoms with Crippen LogP contribution in [0.3, 0.4) is 0 Å². The van der Waals surface area contributed by atoms with Gasteiger partial charge in [-0.05, 0) is 62.2 Å². The van der Waals surface area contributed by atoms with E-state index in [-0.39, 0.29) is 42.2 Å². The molecular formula is C24H30Cl2N8O3S. The van der Waals surface area contributed by atoms with Gasteiger partial charge in [0.05, 0.1) is 6.26 Å². The molecule has 0 amide bonds. The van der Waals surface area contributed by atoms with Crippen LogP contribution in [0.25, 0.3) is 16.9 Å². The average Bonchev–Trinajstić information content (AvgIpc) is 3.15. The van der Waals surface area contributed by atoms with Crippen LogP contribution in [0.5, 0.6) is 0 Å². The molecule has 4 heterocycles. The lowest BCUT2D eigenvalue weighted by molar-refractivity contribution is 0.472. The number of pyridine rings is 1. The maximum absolute atomic E-state index is 13.3. The number of rotatable bonds is 6. The van der Waals surface area contributed by atoms with E-state index in [1.165, 1.54) is 24.4 Å². The number of hydrogen-bond acceptors (Lipinski definition) is 8. The second kappa shape index (κ2) is 11.3. The highest BCUT2D eigenvalue weighted by atomic mass is 35.5. The minimum absolute atomic E-state index is 0. The molecule has 2 N–H and O–H groups in total. The number of aromatic nitrogens is 5. The molecule has 0 unspecified atom stereocenters. The molecule has 11 nitrogen and oxygen atoms in total. The van der Waals surface area contributed by atoms with E-state index >= 15 is 0 Å². The Morgan fingerprint density at radius 2 is 1.87 bits per heavy atom. The number of halogens is 2. The van der Waals surface area contributed by atoms with Gasteiger partial charge in [-0.3, -0.25) is 9.10 Å². The number of hydrogen-bond donors (Lipinski definition) is 2. The van der Waals surface area contributed by atoms with Crippen molar-refractivity contribution in [2.75, 3.05) is 29.5 Å². The number of nitrogens with zero attached hydrogens (tertiary/aromatic N) is 6. The average molecular weight is 582 g/mol. The van der Waals surface area contributed by atoms with Crippen LogP contribution in [-0.4, -0.2) is 52.6 Å². The fourth-order valence-corrected chi connectivity index (χ4v) is 4.75. The van der Waals surface area contributed by atoms with Crippen molar-refractivity contribution >= 4 is 63.3 Å². The highest BCUT2D eigenvalue weighted by Gasteiger charge is 2.22. The molecule has 38 heavy (non-hydrogen) atoms. The molecule has 3 aromatic heterocycles. The third-order valence-corrected chi connectivity index (χ3v) is 7.40. The predicted molar refractivity (Wildman–Crippen MR) is 154 cm³/mol. The van der Waals surface area contributed by atoms with Crippen LogP contribution in [0.15, 0.2) is 47.4 Å². The van der Waals surface area contributed by atoms with Gasteiger partial charge in [0, 0.05) is 31.5 Å². The van der Waals surface area contributed by atoms with E-state index in [0.29, 0.717) is 22.8 Å². The van der Waals surface area contributed by atoms with Gasteiger partial charge in [0.25, 0.3) is 5.56 Å². The van der Waals surface area contributed by atoms with E-state index in [0.717, 1.165) is 35.8 Å². The third-order valence-electron chi connectivity index (χ3n) is 6.22. The minimum atomic E-state index is -3.51. The molecule has 5 rings (SSSR count). The summed E-state index contributed by atoms with van der Waals surface area (Å²) in [4.78, 5) is 26.9. The van der Waals surface area contributed by atoms with E-state index in [9.17, 15) is 13.2 Å². The fraction of sp³-hybridized carbons (Fsp3) is 0.333. The first-order valence-electron chi connectivity index (χ1n) is 11.6. The SMILES string of the molecule is CC(C)n1c(=O)c2cnc(Nc3ccc4c(c3)CCNC4)nc2n1-c1cccc(N(C)S(C)(=O)=O)n1.Cl.Cl. The predicted octanol–water partition coefficient (Wildman–Crippen LogP) is 3.19. The van der Waals surface area contributed by atoms with Gasteiger partial charge in [-0.1, -0.05) is 12.1 Å². The van der Waals surface area contributed by atoms with Crippen molar-refractivity contribution < 1.29 is 8.42 Å². The summed E-state index contributed by atoms with van der Waals surface area (Å²) in [6.45, 7) is 5.57. The number of anilines is 3. The summed E-state index contributed by atoms with van der Waals surface area (Å²) in [6.07, 6.45) is 3.57. The zero-order valence-corrected chi connectivity index (χ0v) is 23.8. The molecule has 0 fully saturated rings. The molecule has 14 heteroatoms.